The van der Waals surface area contributed by atoms with Crippen LogP contribution in [0.25, 0.3) is 0 Å². The van der Waals surface area contributed by atoms with Crippen molar-refractivity contribution >= 4 is 0 Å². The van der Waals surface area contributed by atoms with E-state index >= 15 is 0 Å². The first-order valence-corrected chi connectivity index (χ1v) is 6.70. The van der Waals surface area contributed by atoms with Crippen molar-refractivity contribution in [2.75, 3.05) is 32.7 Å². The second-order valence-corrected chi connectivity index (χ2v) is 4.99. The summed E-state index contributed by atoms with van der Waals surface area (Å²) in [4.78, 5) is 2.41. The molecule has 2 nitrogen and oxygen atoms in total. The summed E-state index contributed by atoms with van der Waals surface area (Å²) in [6.45, 7) is 9.64. The quantitative estimate of drug-likeness (QED) is 0.795. The van der Waals surface area contributed by atoms with Crippen molar-refractivity contribution in [2.24, 2.45) is 0 Å². The third kappa shape index (κ3) is 3.87. The lowest BCUT2D eigenvalue weighted by Crippen LogP contribution is -2.43. The Hall–Kier alpha value is -1.30. The molecule has 0 bridgehead atoms. The topological polar surface area (TPSA) is 15.3 Å². The minimum Gasteiger partial charge on any atom is -0.314 e. The van der Waals surface area contributed by atoms with Crippen LogP contribution in [-0.4, -0.2) is 37.6 Å². The van der Waals surface area contributed by atoms with E-state index in [1.54, 1.807) is 0 Å². The van der Waals surface area contributed by atoms with Gasteiger partial charge in [0.25, 0.3) is 0 Å². The van der Waals surface area contributed by atoms with Gasteiger partial charge < -0.3 is 5.32 Å². The summed E-state index contributed by atoms with van der Waals surface area (Å²) < 4.78 is 0. The molecule has 1 saturated heterocycles. The van der Waals surface area contributed by atoms with Crippen LogP contribution < -0.4 is 5.32 Å². The summed E-state index contributed by atoms with van der Waals surface area (Å²) in [6, 6.07) is 6.59. The highest BCUT2D eigenvalue weighted by Gasteiger charge is 2.06. The van der Waals surface area contributed by atoms with Crippen LogP contribution in [0.4, 0.5) is 0 Å². The van der Waals surface area contributed by atoms with Crippen molar-refractivity contribution in [3.05, 3.63) is 34.9 Å². The monoisotopic (exact) mass is 242 g/mol. The molecule has 2 heteroatoms. The molecule has 0 aromatic heterocycles. The minimum atomic E-state index is 0.875. The standard InChI is InChI=1S/C16H22N2/c1-14-6-7-15(2)16(13-14)5-3-4-10-18-11-8-17-9-12-18/h6-7,13,17H,5,8-12H2,1-2H3. The van der Waals surface area contributed by atoms with Crippen LogP contribution in [0.5, 0.6) is 0 Å². The molecule has 96 valence electrons. The van der Waals surface area contributed by atoms with Crippen LogP contribution in [0, 0.1) is 25.7 Å². The van der Waals surface area contributed by atoms with Crippen molar-refractivity contribution in [2.45, 2.75) is 20.3 Å². The zero-order chi connectivity index (χ0) is 12.8. The molecule has 0 atom stereocenters. The van der Waals surface area contributed by atoms with Gasteiger partial charge in [-0.3, -0.25) is 4.90 Å². The Balaban J connectivity index is 1.85. The Morgan fingerprint density at radius 1 is 1.17 bits per heavy atom. The van der Waals surface area contributed by atoms with Gasteiger partial charge in [0, 0.05) is 32.6 Å². The molecule has 2 rings (SSSR count). The number of hydrogen-bond acceptors (Lipinski definition) is 2. The SMILES string of the molecule is Cc1ccc(C)c(CC#CCN2CCNCC2)c1. The number of nitrogens with zero attached hydrogens (tertiary/aromatic N) is 1. The third-order valence-corrected chi connectivity index (χ3v) is 3.42. The third-order valence-electron chi connectivity index (χ3n) is 3.42. The van der Waals surface area contributed by atoms with Gasteiger partial charge in [-0.2, -0.15) is 0 Å². The van der Waals surface area contributed by atoms with E-state index in [1.165, 1.54) is 16.7 Å². The number of nitrogens with one attached hydrogen (secondary N) is 1. The maximum absolute atomic E-state index is 3.35. The molecule has 1 aliphatic heterocycles. The lowest BCUT2D eigenvalue weighted by Gasteiger charge is -2.24. The van der Waals surface area contributed by atoms with Gasteiger partial charge in [0.05, 0.1) is 6.54 Å². The van der Waals surface area contributed by atoms with E-state index < -0.39 is 0 Å². The molecule has 18 heavy (non-hydrogen) atoms. The van der Waals surface area contributed by atoms with Crippen molar-refractivity contribution in [1.29, 1.82) is 0 Å². The van der Waals surface area contributed by atoms with Gasteiger partial charge in [-0.05, 0) is 25.0 Å². The van der Waals surface area contributed by atoms with Crippen LogP contribution in [0.15, 0.2) is 18.2 Å². The lowest BCUT2D eigenvalue weighted by atomic mass is 10.0. The van der Waals surface area contributed by atoms with E-state index in [4.69, 9.17) is 0 Å². The molecule has 0 spiro atoms. The molecule has 1 fully saturated rings. The molecule has 1 aromatic carbocycles. The van der Waals surface area contributed by atoms with Crippen LogP contribution >= 0.6 is 0 Å². The second kappa shape index (κ2) is 6.58. The average Bonchev–Trinajstić information content (AvgIpc) is 2.40. The number of aryl methyl sites for hydroxylation is 2. The molecule has 1 N–H and O–H groups in total. The Kier molecular flexibility index (Phi) is 4.81. The predicted molar refractivity (Wildman–Crippen MR) is 76.7 cm³/mol. The molecular formula is C16H22N2. The summed E-state index contributed by atoms with van der Waals surface area (Å²) in [6.07, 6.45) is 0.875. The Bertz CT molecular complexity index is 448. The van der Waals surface area contributed by atoms with E-state index in [1.807, 2.05) is 0 Å². The molecule has 1 aromatic rings. The number of rotatable bonds is 2. The Morgan fingerprint density at radius 3 is 2.72 bits per heavy atom. The number of hydrogen-bond donors (Lipinski definition) is 1. The van der Waals surface area contributed by atoms with Gasteiger partial charge in [0.1, 0.15) is 0 Å². The zero-order valence-corrected chi connectivity index (χ0v) is 11.4. The van der Waals surface area contributed by atoms with Gasteiger partial charge in [-0.25, -0.2) is 0 Å². The van der Waals surface area contributed by atoms with Crippen molar-refractivity contribution in [1.82, 2.24) is 10.2 Å². The largest absolute Gasteiger partial charge is 0.314 e. The fourth-order valence-electron chi connectivity index (χ4n) is 2.19. The van der Waals surface area contributed by atoms with Gasteiger partial charge in [0.2, 0.25) is 0 Å². The fraction of sp³-hybridized carbons (Fsp3) is 0.500. The maximum Gasteiger partial charge on any atom is 0.0602 e. The summed E-state index contributed by atoms with van der Waals surface area (Å²) in [7, 11) is 0. The summed E-state index contributed by atoms with van der Waals surface area (Å²) in [5, 5.41) is 3.35. The molecule has 0 saturated carbocycles. The Labute approximate surface area is 110 Å². The van der Waals surface area contributed by atoms with Gasteiger partial charge in [-0.1, -0.05) is 35.6 Å². The number of piperazine rings is 1. The fourth-order valence-corrected chi connectivity index (χ4v) is 2.19. The molecule has 1 heterocycles. The molecule has 1 aliphatic rings. The van der Waals surface area contributed by atoms with E-state index in [2.05, 4.69) is 54.1 Å². The second-order valence-electron chi connectivity index (χ2n) is 4.99. The van der Waals surface area contributed by atoms with E-state index in [9.17, 15) is 0 Å². The van der Waals surface area contributed by atoms with E-state index in [-0.39, 0.29) is 0 Å². The summed E-state index contributed by atoms with van der Waals surface area (Å²) in [5.74, 6) is 6.60. The van der Waals surface area contributed by atoms with Crippen LogP contribution in [0.1, 0.15) is 16.7 Å². The van der Waals surface area contributed by atoms with Crippen LogP contribution in [0.3, 0.4) is 0 Å². The smallest absolute Gasteiger partial charge is 0.0602 e. The normalized spacial score (nSPS) is 16.1. The van der Waals surface area contributed by atoms with Crippen LogP contribution in [0.2, 0.25) is 0 Å². The summed E-state index contributed by atoms with van der Waals surface area (Å²) in [5.41, 5.74) is 4.03. The van der Waals surface area contributed by atoms with E-state index in [0.29, 0.717) is 0 Å². The highest BCUT2D eigenvalue weighted by atomic mass is 15.2. The number of benzene rings is 1. The molecule has 0 amide bonds. The van der Waals surface area contributed by atoms with Crippen molar-refractivity contribution in [3.8, 4) is 11.8 Å². The Morgan fingerprint density at radius 2 is 1.94 bits per heavy atom. The maximum atomic E-state index is 3.35. The molecule has 0 unspecified atom stereocenters. The van der Waals surface area contributed by atoms with Gasteiger partial charge >= 0.3 is 0 Å². The minimum absolute atomic E-state index is 0.875. The summed E-state index contributed by atoms with van der Waals surface area (Å²) >= 11 is 0. The first kappa shape index (κ1) is 13.1. The zero-order valence-electron chi connectivity index (χ0n) is 11.4. The highest BCUT2D eigenvalue weighted by molar-refractivity contribution is 5.33. The van der Waals surface area contributed by atoms with Gasteiger partial charge in [-0.15, -0.1) is 0 Å². The molecule has 0 radical (unpaired) electrons. The predicted octanol–water partition coefficient (Wildman–Crippen LogP) is 1.75. The van der Waals surface area contributed by atoms with E-state index in [0.717, 1.165) is 39.1 Å². The van der Waals surface area contributed by atoms with Crippen LogP contribution in [-0.2, 0) is 6.42 Å². The average molecular weight is 242 g/mol. The van der Waals surface area contributed by atoms with Crippen molar-refractivity contribution < 1.29 is 0 Å². The first-order valence-electron chi connectivity index (χ1n) is 6.70. The molecule has 0 aliphatic carbocycles. The first-order chi connectivity index (χ1) is 8.75. The van der Waals surface area contributed by atoms with Gasteiger partial charge in [0.15, 0.2) is 0 Å². The highest BCUT2D eigenvalue weighted by Crippen LogP contribution is 2.10. The molecular weight excluding hydrogens is 220 g/mol. The lowest BCUT2D eigenvalue weighted by molar-refractivity contribution is 0.268. The van der Waals surface area contributed by atoms with Crippen molar-refractivity contribution in [3.63, 3.8) is 0 Å².